The maximum atomic E-state index is 12.9. The summed E-state index contributed by atoms with van der Waals surface area (Å²) in [4.78, 5) is 28.0. The maximum Gasteiger partial charge on any atom is 0.414 e. The fourth-order valence-electron chi connectivity index (χ4n) is 3.85. The average molecular weight is 370 g/mol. The normalized spacial score (nSPS) is 19.5. The third-order valence-corrected chi connectivity index (χ3v) is 5.11. The highest BCUT2D eigenvalue weighted by molar-refractivity contribution is 5.93. The van der Waals surface area contributed by atoms with E-state index in [1.54, 1.807) is 11.0 Å². The SMILES string of the molecule is Cc1noc(C)c1[C@@H]1CCCN1C(=O)Nc1cccc(N2CCOC2=O)c1. The van der Waals surface area contributed by atoms with E-state index in [4.69, 9.17) is 9.26 Å². The van der Waals surface area contributed by atoms with Gasteiger partial charge in [0.1, 0.15) is 12.4 Å². The molecule has 1 N–H and O–H groups in total. The molecule has 8 heteroatoms. The summed E-state index contributed by atoms with van der Waals surface area (Å²) >= 11 is 0. The Kier molecular flexibility index (Phi) is 4.47. The van der Waals surface area contributed by atoms with Crippen LogP contribution in [0.25, 0.3) is 0 Å². The number of carbonyl (C=O) groups is 2. The minimum absolute atomic E-state index is 0.0343. The van der Waals surface area contributed by atoms with Crippen molar-refractivity contribution in [2.75, 3.05) is 29.9 Å². The molecule has 0 radical (unpaired) electrons. The van der Waals surface area contributed by atoms with Crippen LogP contribution in [-0.2, 0) is 4.74 Å². The quantitative estimate of drug-likeness (QED) is 0.891. The molecule has 1 aromatic carbocycles. The molecule has 27 heavy (non-hydrogen) atoms. The zero-order valence-corrected chi connectivity index (χ0v) is 15.4. The Morgan fingerprint density at radius 1 is 1.30 bits per heavy atom. The minimum atomic E-state index is -0.364. The van der Waals surface area contributed by atoms with E-state index in [1.807, 2.05) is 36.9 Å². The van der Waals surface area contributed by atoms with E-state index in [0.717, 1.165) is 29.9 Å². The van der Waals surface area contributed by atoms with Gasteiger partial charge in [-0.25, -0.2) is 9.59 Å². The number of amides is 3. The second kappa shape index (κ2) is 6.94. The van der Waals surface area contributed by atoms with Gasteiger partial charge in [-0.1, -0.05) is 11.2 Å². The summed E-state index contributed by atoms with van der Waals surface area (Å²) in [5, 5.41) is 6.97. The lowest BCUT2D eigenvalue weighted by Gasteiger charge is -2.25. The predicted molar refractivity (Wildman–Crippen MR) is 98.8 cm³/mol. The van der Waals surface area contributed by atoms with Gasteiger partial charge in [0.05, 0.1) is 18.3 Å². The van der Waals surface area contributed by atoms with Crippen molar-refractivity contribution in [1.29, 1.82) is 0 Å². The summed E-state index contributed by atoms with van der Waals surface area (Å²) in [6.45, 7) is 5.35. The molecule has 8 nitrogen and oxygen atoms in total. The van der Waals surface area contributed by atoms with Crippen LogP contribution >= 0.6 is 0 Å². The van der Waals surface area contributed by atoms with Crippen molar-refractivity contribution in [3.63, 3.8) is 0 Å². The van der Waals surface area contributed by atoms with Gasteiger partial charge in [0.15, 0.2) is 0 Å². The Bertz CT molecular complexity index is 859. The molecule has 0 bridgehead atoms. The highest BCUT2D eigenvalue weighted by Gasteiger charge is 2.34. The molecular weight excluding hydrogens is 348 g/mol. The summed E-state index contributed by atoms with van der Waals surface area (Å²) < 4.78 is 10.3. The van der Waals surface area contributed by atoms with Crippen molar-refractivity contribution in [3.8, 4) is 0 Å². The fourth-order valence-corrected chi connectivity index (χ4v) is 3.85. The van der Waals surface area contributed by atoms with Gasteiger partial charge in [0, 0.05) is 23.5 Å². The first-order valence-electron chi connectivity index (χ1n) is 9.09. The van der Waals surface area contributed by atoms with Gasteiger partial charge < -0.3 is 19.5 Å². The highest BCUT2D eigenvalue weighted by Crippen LogP contribution is 2.36. The number of likely N-dealkylation sites (tertiary alicyclic amines) is 1. The van der Waals surface area contributed by atoms with E-state index in [1.165, 1.54) is 0 Å². The molecule has 4 rings (SSSR count). The van der Waals surface area contributed by atoms with Crippen LogP contribution in [0.1, 0.15) is 35.9 Å². The van der Waals surface area contributed by atoms with Crippen molar-refractivity contribution in [1.82, 2.24) is 10.1 Å². The lowest BCUT2D eigenvalue weighted by molar-refractivity contribution is 0.181. The number of cyclic esters (lactones) is 1. The zero-order valence-electron chi connectivity index (χ0n) is 15.4. The monoisotopic (exact) mass is 370 g/mol. The number of anilines is 2. The summed E-state index contributed by atoms with van der Waals surface area (Å²) in [6.07, 6.45) is 1.45. The number of nitrogens with zero attached hydrogens (tertiary/aromatic N) is 3. The van der Waals surface area contributed by atoms with Crippen molar-refractivity contribution in [2.45, 2.75) is 32.7 Å². The van der Waals surface area contributed by atoms with Gasteiger partial charge in [-0.2, -0.15) is 0 Å². The first kappa shape index (κ1) is 17.4. The lowest BCUT2D eigenvalue weighted by atomic mass is 10.0. The van der Waals surface area contributed by atoms with E-state index in [0.29, 0.717) is 31.1 Å². The molecule has 0 unspecified atom stereocenters. The zero-order chi connectivity index (χ0) is 19.0. The number of hydrogen-bond acceptors (Lipinski definition) is 5. The summed E-state index contributed by atoms with van der Waals surface area (Å²) in [5.41, 5.74) is 3.17. The molecule has 2 aliphatic rings. The number of carbonyl (C=O) groups excluding carboxylic acids is 2. The number of urea groups is 1. The second-order valence-corrected chi connectivity index (χ2v) is 6.84. The Hall–Kier alpha value is -3.03. The van der Waals surface area contributed by atoms with Crippen molar-refractivity contribution in [3.05, 3.63) is 41.3 Å². The second-order valence-electron chi connectivity index (χ2n) is 6.84. The molecule has 0 aliphatic carbocycles. The molecule has 0 saturated carbocycles. The number of ether oxygens (including phenoxy) is 1. The standard InChI is InChI=1S/C19H22N4O4/c1-12-17(13(2)27-21-12)16-7-4-8-23(16)18(24)20-14-5-3-6-15(11-14)22-9-10-26-19(22)25/h3,5-6,11,16H,4,7-10H2,1-2H3,(H,20,24)/t16-/m0/s1. The van der Waals surface area contributed by atoms with E-state index in [9.17, 15) is 9.59 Å². The largest absolute Gasteiger partial charge is 0.447 e. The lowest BCUT2D eigenvalue weighted by Crippen LogP contribution is -2.34. The van der Waals surface area contributed by atoms with Crippen LogP contribution in [0.3, 0.4) is 0 Å². The Balaban J connectivity index is 1.51. The van der Waals surface area contributed by atoms with Crippen LogP contribution in [0, 0.1) is 13.8 Å². The van der Waals surface area contributed by atoms with E-state index < -0.39 is 0 Å². The van der Waals surface area contributed by atoms with Crippen LogP contribution in [0.5, 0.6) is 0 Å². The van der Waals surface area contributed by atoms with Crippen molar-refractivity contribution >= 4 is 23.5 Å². The number of benzene rings is 1. The summed E-state index contributed by atoms with van der Waals surface area (Å²) in [5.74, 6) is 0.756. The third-order valence-electron chi connectivity index (χ3n) is 5.11. The first-order chi connectivity index (χ1) is 13.0. The average Bonchev–Trinajstić information content (AvgIpc) is 3.36. The van der Waals surface area contributed by atoms with Crippen LogP contribution in [0.15, 0.2) is 28.8 Å². The minimum Gasteiger partial charge on any atom is -0.447 e. The van der Waals surface area contributed by atoms with Crippen molar-refractivity contribution in [2.24, 2.45) is 0 Å². The van der Waals surface area contributed by atoms with Crippen LogP contribution in [0.2, 0.25) is 0 Å². The molecular formula is C19H22N4O4. The Labute approximate surface area is 157 Å². The molecule has 142 valence electrons. The van der Waals surface area contributed by atoms with Gasteiger partial charge in [-0.05, 0) is 44.9 Å². The van der Waals surface area contributed by atoms with E-state index in [2.05, 4.69) is 10.5 Å². The Morgan fingerprint density at radius 2 is 2.15 bits per heavy atom. The number of hydrogen-bond donors (Lipinski definition) is 1. The van der Waals surface area contributed by atoms with Crippen LogP contribution in [0.4, 0.5) is 21.0 Å². The molecule has 3 amide bonds. The van der Waals surface area contributed by atoms with Gasteiger partial charge in [-0.15, -0.1) is 0 Å². The molecule has 2 fully saturated rings. The first-order valence-corrected chi connectivity index (χ1v) is 9.09. The van der Waals surface area contributed by atoms with Gasteiger partial charge in [0.2, 0.25) is 0 Å². The predicted octanol–water partition coefficient (Wildman–Crippen LogP) is 3.62. The molecule has 1 aromatic heterocycles. The topological polar surface area (TPSA) is 87.9 Å². The van der Waals surface area contributed by atoms with Crippen LogP contribution < -0.4 is 10.2 Å². The van der Waals surface area contributed by atoms with Gasteiger partial charge >= 0.3 is 12.1 Å². The smallest absolute Gasteiger partial charge is 0.414 e. The van der Waals surface area contributed by atoms with E-state index in [-0.39, 0.29) is 18.2 Å². The van der Waals surface area contributed by atoms with Gasteiger partial charge in [-0.3, -0.25) is 4.90 Å². The number of nitrogens with one attached hydrogen (secondary N) is 1. The number of aryl methyl sites for hydroxylation is 2. The molecule has 2 aromatic rings. The highest BCUT2D eigenvalue weighted by atomic mass is 16.6. The molecule has 2 saturated heterocycles. The summed E-state index contributed by atoms with van der Waals surface area (Å²) in [7, 11) is 0. The fraction of sp³-hybridized carbons (Fsp3) is 0.421. The van der Waals surface area contributed by atoms with Crippen molar-refractivity contribution < 1.29 is 18.8 Å². The molecule has 3 heterocycles. The third kappa shape index (κ3) is 3.22. The molecule has 2 aliphatic heterocycles. The Morgan fingerprint density at radius 3 is 2.85 bits per heavy atom. The molecule has 0 spiro atoms. The molecule has 1 atom stereocenters. The maximum absolute atomic E-state index is 12.9. The van der Waals surface area contributed by atoms with Crippen LogP contribution in [-0.4, -0.2) is 41.9 Å². The van der Waals surface area contributed by atoms with Gasteiger partial charge in [0.25, 0.3) is 0 Å². The van der Waals surface area contributed by atoms with E-state index >= 15 is 0 Å². The summed E-state index contributed by atoms with van der Waals surface area (Å²) in [6, 6.07) is 7.03. The number of rotatable bonds is 3. The number of aromatic nitrogens is 1.